The number of methoxy groups -OCH3 is 1. The molecule has 2 nitrogen and oxygen atoms in total. The second-order valence-corrected chi connectivity index (χ2v) is 3.68. The third-order valence-corrected chi connectivity index (χ3v) is 2.70. The molecule has 0 amide bonds. The van der Waals surface area contributed by atoms with E-state index in [4.69, 9.17) is 4.74 Å². The van der Waals surface area contributed by atoms with Crippen molar-refractivity contribution in [3.05, 3.63) is 30.1 Å². The lowest BCUT2D eigenvalue weighted by atomic mass is 9.88. The lowest BCUT2D eigenvalue weighted by molar-refractivity contribution is -0.0407. The minimum Gasteiger partial charge on any atom is -0.372 e. The fourth-order valence-corrected chi connectivity index (χ4v) is 1.29. The van der Waals surface area contributed by atoms with Crippen molar-refractivity contribution in [2.45, 2.75) is 26.4 Å². The summed E-state index contributed by atoms with van der Waals surface area (Å²) in [5.74, 6) is 0.410. The molecule has 0 saturated heterocycles. The summed E-state index contributed by atoms with van der Waals surface area (Å²) in [5.41, 5.74) is 0.717. The third kappa shape index (κ3) is 1.89. The molecule has 0 aromatic carbocycles. The van der Waals surface area contributed by atoms with Crippen molar-refractivity contribution < 1.29 is 4.74 Å². The molecule has 0 aliphatic heterocycles. The van der Waals surface area contributed by atoms with Crippen molar-refractivity contribution in [2.24, 2.45) is 5.92 Å². The Kier molecular flexibility index (Phi) is 3.04. The van der Waals surface area contributed by atoms with Gasteiger partial charge in [0.15, 0.2) is 0 Å². The molecule has 0 aliphatic carbocycles. The predicted molar refractivity (Wildman–Crippen MR) is 53.4 cm³/mol. The fourth-order valence-electron chi connectivity index (χ4n) is 1.29. The molecule has 72 valence electrons. The van der Waals surface area contributed by atoms with E-state index in [2.05, 4.69) is 25.8 Å². The Hall–Kier alpha value is -0.890. The summed E-state index contributed by atoms with van der Waals surface area (Å²) in [4.78, 5) is 4.32. The standard InChI is InChI=1S/C11H17NO/c1-9(2)11(3,13-4)10-7-5-6-8-12-10/h5-9H,1-4H3. The first-order valence-corrected chi connectivity index (χ1v) is 4.58. The number of aromatic nitrogens is 1. The van der Waals surface area contributed by atoms with Gasteiger partial charge in [0, 0.05) is 13.3 Å². The second kappa shape index (κ2) is 3.88. The number of hydrogen-bond acceptors (Lipinski definition) is 2. The monoisotopic (exact) mass is 179 g/mol. The van der Waals surface area contributed by atoms with E-state index in [1.165, 1.54) is 0 Å². The van der Waals surface area contributed by atoms with E-state index in [1.54, 1.807) is 13.3 Å². The molecular weight excluding hydrogens is 162 g/mol. The van der Waals surface area contributed by atoms with Crippen LogP contribution in [0.25, 0.3) is 0 Å². The average Bonchev–Trinajstić information content (AvgIpc) is 2.17. The number of rotatable bonds is 3. The Balaban J connectivity index is 3.03. The van der Waals surface area contributed by atoms with Crippen molar-refractivity contribution in [1.29, 1.82) is 0 Å². The van der Waals surface area contributed by atoms with Crippen LogP contribution in [-0.2, 0) is 10.3 Å². The van der Waals surface area contributed by atoms with Gasteiger partial charge in [-0.3, -0.25) is 4.98 Å². The minimum absolute atomic E-state index is 0.277. The summed E-state index contributed by atoms with van der Waals surface area (Å²) < 4.78 is 5.52. The molecule has 1 rings (SSSR count). The minimum atomic E-state index is -0.277. The maximum atomic E-state index is 5.52. The zero-order chi connectivity index (χ0) is 9.90. The molecule has 0 radical (unpaired) electrons. The summed E-state index contributed by atoms with van der Waals surface area (Å²) in [6.45, 7) is 6.34. The first kappa shape index (κ1) is 10.2. The molecule has 0 spiro atoms. The van der Waals surface area contributed by atoms with Crippen LogP contribution < -0.4 is 0 Å². The highest BCUT2D eigenvalue weighted by atomic mass is 16.5. The largest absolute Gasteiger partial charge is 0.372 e. The molecule has 0 saturated carbocycles. The molecule has 1 unspecified atom stereocenters. The summed E-state index contributed by atoms with van der Waals surface area (Å²) in [6, 6.07) is 5.91. The van der Waals surface area contributed by atoms with Crippen molar-refractivity contribution in [3.8, 4) is 0 Å². The molecule has 0 fully saturated rings. The van der Waals surface area contributed by atoms with E-state index in [0.717, 1.165) is 5.69 Å². The van der Waals surface area contributed by atoms with Gasteiger partial charge in [-0.25, -0.2) is 0 Å². The van der Waals surface area contributed by atoms with Gasteiger partial charge in [-0.1, -0.05) is 19.9 Å². The van der Waals surface area contributed by atoms with Gasteiger partial charge in [0.05, 0.1) is 5.69 Å². The first-order valence-electron chi connectivity index (χ1n) is 4.58. The van der Waals surface area contributed by atoms with Crippen molar-refractivity contribution in [2.75, 3.05) is 7.11 Å². The quantitative estimate of drug-likeness (QED) is 0.711. The van der Waals surface area contributed by atoms with Gasteiger partial charge in [-0.2, -0.15) is 0 Å². The van der Waals surface area contributed by atoms with Crippen LogP contribution in [0, 0.1) is 5.92 Å². The van der Waals surface area contributed by atoms with E-state index in [9.17, 15) is 0 Å². The highest BCUT2D eigenvalue weighted by molar-refractivity contribution is 5.13. The summed E-state index contributed by atoms with van der Waals surface area (Å²) in [7, 11) is 1.73. The topological polar surface area (TPSA) is 22.1 Å². The van der Waals surface area contributed by atoms with Crippen LogP contribution in [0.15, 0.2) is 24.4 Å². The number of pyridine rings is 1. The van der Waals surface area contributed by atoms with Gasteiger partial charge in [0.1, 0.15) is 5.60 Å². The molecule has 13 heavy (non-hydrogen) atoms. The Bertz CT molecular complexity index is 258. The molecule has 1 aromatic heterocycles. The molecule has 1 atom stereocenters. The zero-order valence-electron chi connectivity index (χ0n) is 8.74. The van der Waals surface area contributed by atoms with E-state index >= 15 is 0 Å². The van der Waals surface area contributed by atoms with Crippen LogP contribution in [0.1, 0.15) is 26.5 Å². The number of nitrogens with zero attached hydrogens (tertiary/aromatic N) is 1. The maximum absolute atomic E-state index is 5.52. The fraction of sp³-hybridized carbons (Fsp3) is 0.545. The van der Waals surface area contributed by atoms with Gasteiger partial charge in [-0.15, -0.1) is 0 Å². The smallest absolute Gasteiger partial charge is 0.109 e. The Labute approximate surface area is 80.0 Å². The van der Waals surface area contributed by atoms with Gasteiger partial charge in [0.2, 0.25) is 0 Å². The van der Waals surface area contributed by atoms with Gasteiger partial charge >= 0.3 is 0 Å². The Morgan fingerprint density at radius 1 is 1.38 bits per heavy atom. The van der Waals surface area contributed by atoms with Crippen LogP contribution in [0.3, 0.4) is 0 Å². The predicted octanol–water partition coefficient (Wildman–Crippen LogP) is 2.60. The van der Waals surface area contributed by atoms with Crippen LogP contribution >= 0.6 is 0 Å². The molecule has 1 heterocycles. The third-order valence-electron chi connectivity index (χ3n) is 2.70. The van der Waals surface area contributed by atoms with Gasteiger partial charge < -0.3 is 4.74 Å². The van der Waals surface area contributed by atoms with E-state index in [-0.39, 0.29) is 5.60 Å². The van der Waals surface area contributed by atoms with E-state index < -0.39 is 0 Å². The SMILES string of the molecule is COC(C)(c1ccccn1)C(C)C. The summed E-state index contributed by atoms with van der Waals surface area (Å²) >= 11 is 0. The molecule has 2 heteroatoms. The molecule has 1 aromatic rings. The van der Waals surface area contributed by atoms with Crippen molar-refractivity contribution in [1.82, 2.24) is 4.98 Å². The number of ether oxygens (including phenoxy) is 1. The van der Waals surface area contributed by atoms with Crippen molar-refractivity contribution >= 4 is 0 Å². The average molecular weight is 179 g/mol. The molecule has 0 N–H and O–H groups in total. The lowest BCUT2D eigenvalue weighted by Gasteiger charge is -2.31. The summed E-state index contributed by atoms with van der Waals surface area (Å²) in [5, 5.41) is 0. The van der Waals surface area contributed by atoms with E-state index in [1.807, 2.05) is 18.2 Å². The zero-order valence-corrected chi connectivity index (χ0v) is 8.74. The molecule has 0 aliphatic rings. The highest BCUT2D eigenvalue weighted by Gasteiger charge is 2.31. The van der Waals surface area contributed by atoms with Crippen LogP contribution in [-0.4, -0.2) is 12.1 Å². The summed E-state index contributed by atoms with van der Waals surface area (Å²) in [6.07, 6.45) is 1.80. The normalized spacial score (nSPS) is 15.8. The second-order valence-electron chi connectivity index (χ2n) is 3.68. The maximum Gasteiger partial charge on any atom is 0.109 e. The van der Waals surface area contributed by atoms with Crippen LogP contribution in [0.2, 0.25) is 0 Å². The van der Waals surface area contributed by atoms with Gasteiger partial charge in [-0.05, 0) is 25.0 Å². The van der Waals surface area contributed by atoms with E-state index in [0.29, 0.717) is 5.92 Å². The van der Waals surface area contributed by atoms with Crippen molar-refractivity contribution in [3.63, 3.8) is 0 Å². The Morgan fingerprint density at radius 2 is 2.08 bits per heavy atom. The van der Waals surface area contributed by atoms with Gasteiger partial charge in [0.25, 0.3) is 0 Å². The van der Waals surface area contributed by atoms with Crippen LogP contribution in [0.4, 0.5) is 0 Å². The molecular formula is C11H17NO. The highest BCUT2D eigenvalue weighted by Crippen LogP contribution is 2.30. The number of hydrogen-bond donors (Lipinski definition) is 0. The molecule has 0 bridgehead atoms. The van der Waals surface area contributed by atoms with Crippen LogP contribution in [0.5, 0.6) is 0 Å². The first-order chi connectivity index (χ1) is 6.11. The Morgan fingerprint density at radius 3 is 2.46 bits per heavy atom. The lowest BCUT2D eigenvalue weighted by Crippen LogP contribution is -2.31.